The Morgan fingerprint density at radius 2 is 2.12 bits per heavy atom. The number of rotatable bonds is 7. The van der Waals surface area contributed by atoms with E-state index in [9.17, 15) is 9.90 Å². The smallest absolute Gasteiger partial charge is 0.139 e. The van der Waals surface area contributed by atoms with Crippen molar-refractivity contribution >= 4 is 11.6 Å². The Morgan fingerprint density at radius 3 is 2.84 bits per heavy atom. The van der Waals surface area contributed by atoms with E-state index in [0.717, 1.165) is 34.8 Å². The molecule has 5 heteroatoms. The number of hydrogen-bond acceptors (Lipinski definition) is 5. The first kappa shape index (κ1) is 17.3. The Labute approximate surface area is 147 Å². The van der Waals surface area contributed by atoms with Gasteiger partial charge in [0, 0.05) is 42.8 Å². The molecule has 3 rings (SSSR count). The Bertz CT molecular complexity index is 772. The molecule has 0 unspecified atom stereocenters. The van der Waals surface area contributed by atoms with Crippen LogP contribution in [0.25, 0.3) is 0 Å². The minimum Gasteiger partial charge on any atom is -0.396 e. The zero-order valence-electron chi connectivity index (χ0n) is 14.4. The molecule has 2 aromatic rings. The van der Waals surface area contributed by atoms with E-state index in [4.69, 9.17) is 0 Å². The number of aliphatic hydroxyl groups excluding tert-OH is 1. The highest BCUT2D eigenvalue weighted by Gasteiger charge is 2.19. The highest BCUT2D eigenvalue weighted by atomic mass is 16.3. The number of carbonyl (C=O) groups is 1. The topological polar surface area (TPSA) is 74.6 Å². The predicted molar refractivity (Wildman–Crippen MR) is 97.8 cm³/mol. The number of amidine groups is 1. The maximum absolute atomic E-state index is 12.4. The van der Waals surface area contributed by atoms with Gasteiger partial charge in [-0.1, -0.05) is 30.3 Å². The molecule has 25 heavy (non-hydrogen) atoms. The maximum atomic E-state index is 12.4. The molecule has 1 atom stereocenters. The third-order valence-corrected chi connectivity index (χ3v) is 4.40. The second-order valence-corrected chi connectivity index (χ2v) is 6.24. The fourth-order valence-electron chi connectivity index (χ4n) is 3.12. The van der Waals surface area contributed by atoms with E-state index in [0.29, 0.717) is 13.0 Å². The van der Waals surface area contributed by atoms with Crippen molar-refractivity contribution in [3.05, 3.63) is 65.0 Å². The molecule has 1 aromatic heterocycles. The monoisotopic (exact) mass is 337 g/mol. The van der Waals surface area contributed by atoms with Crippen molar-refractivity contribution in [1.82, 2.24) is 10.3 Å². The van der Waals surface area contributed by atoms with Crippen molar-refractivity contribution in [3.8, 4) is 0 Å². The lowest BCUT2D eigenvalue weighted by Gasteiger charge is -2.13. The fraction of sp³-hybridized carbons (Fsp3) is 0.350. The summed E-state index contributed by atoms with van der Waals surface area (Å²) in [6.07, 6.45) is 2.40. The lowest BCUT2D eigenvalue weighted by Crippen LogP contribution is -2.22. The van der Waals surface area contributed by atoms with Gasteiger partial charge in [0.15, 0.2) is 0 Å². The summed E-state index contributed by atoms with van der Waals surface area (Å²) >= 11 is 0. The van der Waals surface area contributed by atoms with Crippen molar-refractivity contribution < 1.29 is 9.90 Å². The SMILES string of the molecule is CCNC1=NCc2cc(CC(=O)C[C@H](CO)c3ccccc3)ncc21. The van der Waals surface area contributed by atoms with Crippen LogP contribution in [0.4, 0.5) is 0 Å². The third kappa shape index (κ3) is 4.12. The number of Topliss-reactive ketones (excluding diaryl/α,β-unsaturated/α-hetero) is 1. The molecule has 0 spiro atoms. The molecule has 1 aliphatic heterocycles. The van der Waals surface area contributed by atoms with Crippen LogP contribution in [0.15, 0.2) is 47.6 Å². The van der Waals surface area contributed by atoms with Crippen LogP contribution in [0.3, 0.4) is 0 Å². The van der Waals surface area contributed by atoms with Gasteiger partial charge >= 0.3 is 0 Å². The quantitative estimate of drug-likeness (QED) is 0.812. The standard InChI is InChI=1S/C20H23N3O2/c1-2-21-20-19-12-22-17(8-15(19)11-23-20)10-18(25)9-16(13-24)14-6-4-3-5-7-14/h3-8,12,16,24H,2,9-11,13H2,1H3,(H,21,23)/t16-/m1/s1. The van der Waals surface area contributed by atoms with E-state index in [1.54, 1.807) is 6.20 Å². The number of pyridine rings is 1. The van der Waals surface area contributed by atoms with Gasteiger partial charge in [0.05, 0.1) is 13.2 Å². The minimum atomic E-state index is -0.160. The van der Waals surface area contributed by atoms with Crippen LogP contribution in [0, 0.1) is 0 Å². The molecule has 130 valence electrons. The predicted octanol–water partition coefficient (Wildman–Crippen LogP) is 2.23. The van der Waals surface area contributed by atoms with Crippen LogP contribution in [0.1, 0.15) is 41.6 Å². The lowest BCUT2D eigenvalue weighted by molar-refractivity contribution is -0.119. The third-order valence-electron chi connectivity index (χ3n) is 4.40. The number of aliphatic hydroxyl groups is 1. The molecule has 0 amide bonds. The van der Waals surface area contributed by atoms with Gasteiger partial charge in [-0.15, -0.1) is 0 Å². The second-order valence-electron chi connectivity index (χ2n) is 6.24. The summed E-state index contributed by atoms with van der Waals surface area (Å²) in [5.41, 5.74) is 3.89. The molecule has 2 heterocycles. The number of aliphatic imine (C=N–C) groups is 1. The number of ketones is 1. The van der Waals surface area contributed by atoms with E-state index in [2.05, 4.69) is 15.3 Å². The molecule has 0 fully saturated rings. The van der Waals surface area contributed by atoms with Gasteiger partial charge < -0.3 is 10.4 Å². The molecule has 0 radical (unpaired) electrons. The molecular formula is C20H23N3O2. The Balaban J connectivity index is 1.64. The van der Waals surface area contributed by atoms with Gasteiger partial charge in [0.25, 0.3) is 0 Å². The van der Waals surface area contributed by atoms with Crippen molar-refractivity contribution in [3.63, 3.8) is 0 Å². The van der Waals surface area contributed by atoms with E-state index < -0.39 is 0 Å². The summed E-state index contributed by atoms with van der Waals surface area (Å²) in [4.78, 5) is 21.3. The van der Waals surface area contributed by atoms with Crippen LogP contribution in [0.5, 0.6) is 0 Å². The first-order valence-corrected chi connectivity index (χ1v) is 8.65. The summed E-state index contributed by atoms with van der Waals surface area (Å²) in [7, 11) is 0. The molecule has 1 aromatic carbocycles. The van der Waals surface area contributed by atoms with Gasteiger partial charge in [0.1, 0.15) is 11.6 Å². The maximum Gasteiger partial charge on any atom is 0.139 e. The van der Waals surface area contributed by atoms with E-state index in [1.807, 2.05) is 43.3 Å². The van der Waals surface area contributed by atoms with Crippen LogP contribution >= 0.6 is 0 Å². The average molecular weight is 337 g/mol. The molecule has 2 N–H and O–H groups in total. The summed E-state index contributed by atoms with van der Waals surface area (Å²) in [6, 6.07) is 11.6. The van der Waals surface area contributed by atoms with E-state index in [1.165, 1.54) is 0 Å². The highest BCUT2D eigenvalue weighted by Crippen LogP contribution is 2.21. The molecule has 5 nitrogen and oxygen atoms in total. The molecule has 0 saturated carbocycles. The first-order valence-electron chi connectivity index (χ1n) is 8.65. The minimum absolute atomic E-state index is 0.0345. The van der Waals surface area contributed by atoms with Gasteiger partial charge in [-0.2, -0.15) is 0 Å². The number of carbonyl (C=O) groups excluding carboxylic acids is 1. The molecule has 0 aliphatic carbocycles. The summed E-state index contributed by atoms with van der Waals surface area (Å²) in [5, 5.41) is 12.8. The largest absolute Gasteiger partial charge is 0.396 e. The molecular weight excluding hydrogens is 314 g/mol. The molecule has 0 saturated heterocycles. The fourth-order valence-corrected chi connectivity index (χ4v) is 3.12. The summed E-state index contributed by atoms with van der Waals surface area (Å²) in [6.45, 7) is 3.45. The van der Waals surface area contributed by atoms with Crippen LogP contribution in [-0.4, -0.2) is 34.9 Å². The summed E-state index contributed by atoms with van der Waals surface area (Å²) in [5.74, 6) is 0.806. The zero-order valence-corrected chi connectivity index (χ0v) is 14.4. The number of hydrogen-bond donors (Lipinski definition) is 2. The van der Waals surface area contributed by atoms with E-state index >= 15 is 0 Å². The number of fused-ring (bicyclic) bond motifs is 1. The van der Waals surface area contributed by atoms with Gasteiger partial charge in [-0.25, -0.2) is 0 Å². The Kier molecular flexibility index (Phi) is 5.56. The van der Waals surface area contributed by atoms with Crippen molar-refractivity contribution in [2.45, 2.75) is 32.2 Å². The van der Waals surface area contributed by atoms with Crippen LogP contribution < -0.4 is 5.32 Å². The van der Waals surface area contributed by atoms with E-state index in [-0.39, 0.29) is 24.7 Å². The second kappa shape index (κ2) is 8.03. The molecule has 1 aliphatic rings. The van der Waals surface area contributed by atoms with Gasteiger partial charge in [0.2, 0.25) is 0 Å². The number of nitrogens with one attached hydrogen (secondary N) is 1. The van der Waals surface area contributed by atoms with Gasteiger partial charge in [-0.05, 0) is 24.1 Å². The van der Waals surface area contributed by atoms with Crippen molar-refractivity contribution in [2.75, 3.05) is 13.2 Å². The van der Waals surface area contributed by atoms with Crippen LogP contribution in [-0.2, 0) is 17.8 Å². The zero-order chi connectivity index (χ0) is 17.6. The number of aromatic nitrogens is 1. The number of nitrogens with zero attached hydrogens (tertiary/aromatic N) is 2. The van der Waals surface area contributed by atoms with Crippen molar-refractivity contribution in [1.29, 1.82) is 0 Å². The highest BCUT2D eigenvalue weighted by molar-refractivity contribution is 6.01. The van der Waals surface area contributed by atoms with Gasteiger partial charge in [-0.3, -0.25) is 14.8 Å². The lowest BCUT2D eigenvalue weighted by atomic mass is 9.93. The normalized spacial score (nSPS) is 13.9. The molecule has 0 bridgehead atoms. The summed E-state index contributed by atoms with van der Waals surface area (Å²) < 4.78 is 0. The average Bonchev–Trinajstić information content (AvgIpc) is 3.03. The van der Waals surface area contributed by atoms with Crippen LogP contribution in [0.2, 0.25) is 0 Å². The van der Waals surface area contributed by atoms with Crippen molar-refractivity contribution in [2.24, 2.45) is 4.99 Å². The number of benzene rings is 1. The Hall–Kier alpha value is -2.53. The Morgan fingerprint density at radius 1 is 1.32 bits per heavy atom. The first-order chi connectivity index (χ1) is 12.2.